The summed E-state index contributed by atoms with van der Waals surface area (Å²) < 4.78 is 0. The Morgan fingerprint density at radius 3 is 2.64 bits per heavy atom. The fraction of sp³-hybridized carbons (Fsp3) is 0.200. The molecule has 1 aliphatic heterocycles. The van der Waals surface area contributed by atoms with E-state index >= 15 is 0 Å². The molecule has 0 radical (unpaired) electrons. The molecule has 0 spiro atoms. The van der Waals surface area contributed by atoms with Crippen LogP contribution in [-0.4, -0.2) is 16.3 Å². The third kappa shape index (κ3) is 1.96. The zero-order valence-corrected chi connectivity index (χ0v) is 8.54. The molecule has 2 rings (SSSR count). The number of amidine groups is 1. The molecule has 1 atom stereocenters. The lowest BCUT2D eigenvalue weighted by Crippen LogP contribution is -2.23. The van der Waals surface area contributed by atoms with Gasteiger partial charge in [0.1, 0.15) is 0 Å². The zero-order valence-electron chi connectivity index (χ0n) is 7.73. The lowest BCUT2D eigenvalue weighted by atomic mass is 10.3. The maximum Gasteiger partial charge on any atom is 0.239 e. The third-order valence-corrected chi connectivity index (χ3v) is 2.86. The first-order valence-electron chi connectivity index (χ1n) is 4.37. The van der Waals surface area contributed by atoms with Crippen molar-refractivity contribution in [3.05, 3.63) is 30.3 Å². The number of thioether (sulfide) groups is 1. The standard InChI is InChI=1S/C10H10N2OS/c1-7-9(13)12-10(14-7)11-8-5-3-2-4-6-8/h2-7H,1H3,(H,11,12,13)/t7-/m1/s1. The second-order valence-electron chi connectivity index (χ2n) is 3.00. The molecule has 1 fully saturated rings. The first-order chi connectivity index (χ1) is 6.75. The Labute approximate surface area is 86.6 Å². The van der Waals surface area contributed by atoms with E-state index in [0.717, 1.165) is 5.69 Å². The average molecular weight is 206 g/mol. The monoisotopic (exact) mass is 206 g/mol. The predicted octanol–water partition coefficient (Wildman–Crippen LogP) is 1.93. The Bertz CT molecular complexity index is 375. The van der Waals surface area contributed by atoms with Gasteiger partial charge in [-0.2, -0.15) is 0 Å². The number of benzene rings is 1. The van der Waals surface area contributed by atoms with Gasteiger partial charge < -0.3 is 5.32 Å². The molecule has 0 aromatic heterocycles. The molecule has 14 heavy (non-hydrogen) atoms. The highest BCUT2D eigenvalue weighted by molar-refractivity contribution is 8.15. The molecule has 72 valence electrons. The van der Waals surface area contributed by atoms with E-state index < -0.39 is 0 Å². The molecule has 1 heterocycles. The van der Waals surface area contributed by atoms with E-state index in [4.69, 9.17) is 0 Å². The van der Waals surface area contributed by atoms with Crippen molar-refractivity contribution in [3.63, 3.8) is 0 Å². The van der Waals surface area contributed by atoms with Gasteiger partial charge in [0.2, 0.25) is 5.91 Å². The number of amides is 1. The minimum Gasteiger partial charge on any atom is -0.304 e. The molecule has 0 unspecified atom stereocenters. The molecule has 0 saturated carbocycles. The molecule has 1 amide bonds. The highest BCUT2D eigenvalue weighted by Crippen LogP contribution is 2.21. The zero-order chi connectivity index (χ0) is 9.97. The summed E-state index contributed by atoms with van der Waals surface area (Å²) >= 11 is 1.46. The SMILES string of the molecule is C[C@H]1SC(=Nc2ccccc2)NC1=O. The maximum absolute atomic E-state index is 11.2. The maximum atomic E-state index is 11.2. The van der Waals surface area contributed by atoms with Crippen LogP contribution < -0.4 is 5.32 Å². The van der Waals surface area contributed by atoms with E-state index in [1.54, 1.807) is 0 Å². The van der Waals surface area contributed by atoms with E-state index in [1.165, 1.54) is 11.8 Å². The van der Waals surface area contributed by atoms with Crippen molar-refractivity contribution in [3.8, 4) is 0 Å². The number of hydrogen-bond donors (Lipinski definition) is 1. The van der Waals surface area contributed by atoms with Gasteiger partial charge >= 0.3 is 0 Å². The van der Waals surface area contributed by atoms with Crippen LogP contribution in [0, 0.1) is 0 Å². The number of rotatable bonds is 1. The van der Waals surface area contributed by atoms with Crippen LogP contribution in [0.3, 0.4) is 0 Å². The van der Waals surface area contributed by atoms with E-state index in [9.17, 15) is 4.79 Å². The van der Waals surface area contributed by atoms with Gasteiger partial charge in [0, 0.05) is 0 Å². The summed E-state index contributed by atoms with van der Waals surface area (Å²) in [6, 6.07) is 9.59. The van der Waals surface area contributed by atoms with Crippen LogP contribution in [0.5, 0.6) is 0 Å². The molecule has 4 heteroatoms. The van der Waals surface area contributed by atoms with Gasteiger partial charge in [-0.1, -0.05) is 30.0 Å². The number of nitrogens with one attached hydrogen (secondary N) is 1. The molecule has 3 nitrogen and oxygen atoms in total. The van der Waals surface area contributed by atoms with Crippen LogP contribution in [-0.2, 0) is 4.79 Å². The lowest BCUT2D eigenvalue weighted by molar-refractivity contribution is -0.118. The second-order valence-corrected chi connectivity index (χ2v) is 4.33. The number of aliphatic imine (C=N–C) groups is 1. The molecular weight excluding hydrogens is 196 g/mol. The van der Waals surface area contributed by atoms with E-state index in [-0.39, 0.29) is 11.2 Å². The highest BCUT2D eigenvalue weighted by Gasteiger charge is 2.25. The summed E-state index contributed by atoms with van der Waals surface area (Å²) in [5.41, 5.74) is 0.865. The summed E-state index contributed by atoms with van der Waals surface area (Å²) in [4.78, 5) is 15.5. The number of carbonyl (C=O) groups is 1. The van der Waals surface area contributed by atoms with Crippen LogP contribution in [0.2, 0.25) is 0 Å². The van der Waals surface area contributed by atoms with Crippen molar-refractivity contribution in [1.82, 2.24) is 5.32 Å². The average Bonchev–Trinajstić information content (AvgIpc) is 2.47. The molecule has 1 aromatic carbocycles. The van der Waals surface area contributed by atoms with Gasteiger partial charge in [-0.25, -0.2) is 4.99 Å². The quantitative estimate of drug-likeness (QED) is 0.762. The van der Waals surface area contributed by atoms with Crippen LogP contribution in [0.4, 0.5) is 5.69 Å². The fourth-order valence-corrected chi connectivity index (χ4v) is 1.95. The first-order valence-corrected chi connectivity index (χ1v) is 5.25. The summed E-state index contributed by atoms with van der Waals surface area (Å²) in [7, 11) is 0. The highest BCUT2D eigenvalue weighted by atomic mass is 32.2. The Balaban J connectivity index is 2.17. The summed E-state index contributed by atoms with van der Waals surface area (Å²) in [5, 5.41) is 3.38. The molecule has 0 aliphatic carbocycles. The van der Waals surface area contributed by atoms with Gasteiger partial charge in [0.15, 0.2) is 5.17 Å². The van der Waals surface area contributed by atoms with Gasteiger partial charge in [0.05, 0.1) is 10.9 Å². The molecule has 1 N–H and O–H groups in total. The van der Waals surface area contributed by atoms with Gasteiger partial charge in [-0.3, -0.25) is 4.79 Å². The molecule has 1 aliphatic rings. The van der Waals surface area contributed by atoms with Crippen molar-refractivity contribution in [2.24, 2.45) is 4.99 Å². The molecule has 1 saturated heterocycles. The second kappa shape index (κ2) is 3.84. The van der Waals surface area contributed by atoms with Gasteiger partial charge in [0.25, 0.3) is 0 Å². The molecule has 1 aromatic rings. The van der Waals surface area contributed by atoms with Crippen molar-refractivity contribution in [1.29, 1.82) is 0 Å². The molecule has 0 bridgehead atoms. The van der Waals surface area contributed by atoms with Crippen LogP contribution in [0.25, 0.3) is 0 Å². The Morgan fingerprint density at radius 1 is 1.36 bits per heavy atom. The number of nitrogens with zero attached hydrogens (tertiary/aromatic N) is 1. The first kappa shape index (κ1) is 9.27. The number of carbonyl (C=O) groups excluding carboxylic acids is 1. The van der Waals surface area contributed by atoms with E-state index in [0.29, 0.717) is 5.17 Å². The summed E-state index contributed by atoms with van der Waals surface area (Å²) in [6.07, 6.45) is 0. The van der Waals surface area contributed by atoms with Crippen molar-refractivity contribution >= 4 is 28.5 Å². The van der Waals surface area contributed by atoms with E-state index in [2.05, 4.69) is 10.3 Å². The topological polar surface area (TPSA) is 41.5 Å². The lowest BCUT2D eigenvalue weighted by Gasteiger charge is -1.95. The van der Waals surface area contributed by atoms with Crippen molar-refractivity contribution < 1.29 is 4.79 Å². The third-order valence-electron chi connectivity index (χ3n) is 1.87. The fourth-order valence-electron chi connectivity index (χ4n) is 1.13. The van der Waals surface area contributed by atoms with Crippen LogP contribution in [0.15, 0.2) is 35.3 Å². The largest absolute Gasteiger partial charge is 0.304 e. The van der Waals surface area contributed by atoms with Crippen LogP contribution in [0.1, 0.15) is 6.92 Å². The Kier molecular flexibility index (Phi) is 2.54. The number of para-hydroxylation sites is 1. The van der Waals surface area contributed by atoms with Crippen molar-refractivity contribution in [2.75, 3.05) is 0 Å². The van der Waals surface area contributed by atoms with Crippen molar-refractivity contribution in [2.45, 2.75) is 12.2 Å². The summed E-state index contributed by atoms with van der Waals surface area (Å²) in [5.74, 6) is 0.0321. The smallest absolute Gasteiger partial charge is 0.239 e. The predicted molar refractivity (Wildman–Crippen MR) is 58.7 cm³/mol. The number of hydrogen-bond acceptors (Lipinski definition) is 3. The molecular formula is C10H10N2OS. The summed E-state index contributed by atoms with van der Waals surface area (Å²) in [6.45, 7) is 1.87. The van der Waals surface area contributed by atoms with Crippen LogP contribution >= 0.6 is 11.8 Å². The normalized spacial score (nSPS) is 23.9. The van der Waals surface area contributed by atoms with Gasteiger partial charge in [-0.05, 0) is 19.1 Å². The van der Waals surface area contributed by atoms with E-state index in [1.807, 2.05) is 37.3 Å². The Morgan fingerprint density at radius 2 is 2.07 bits per heavy atom. The van der Waals surface area contributed by atoms with Gasteiger partial charge in [-0.15, -0.1) is 0 Å². The Hall–Kier alpha value is -1.29. The minimum atomic E-state index is -0.0301. The minimum absolute atomic E-state index is 0.0301.